The van der Waals surface area contributed by atoms with Crippen molar-refractivity contribution in [3.05, 3.63) is 52.8 Å². The van der Waals surface area contributed by atoms with Crippen molar-refractivity contribution >= 4 is 17.4 Å². The molecule has 0 saturated carbocycles. The molecule has 0 atom stereocenters. The Morgan fingerprint density at radius 1 is 1.24 bits per heavy atom. The second kappa shape index (κ2) is 5.15. The highest BCUT2D eigenvalue weighted by molar-refractivity contribution is 6.30. The summed E-state index contributed by atoms with van der Waals surface area (Å²) in [5.41, 5.74) is 1.79. The number of halogens is 1. The van der Waals surface area contributed by atoms with Gasteiger partial charge >= 0.3 is 0 Å². The van der Waals surface area contributed by atoms with Crippen LogP contribution in [0.25, 0.3) is 0 Å². The third kappa shape index (κ3) is 3.43. The minimum Gasteiger partial charge on any atom is -0.299 e. The van der Waals surface area contributed by atoms with Crippen molar-refractivity contribution in [3.63, 3.8) is 0 Å². The van der Waals surface area contributed by atoms with Crippen LogP contribution >= 0.6 is 11.6 Å². The molecule has 1 heterocycles. The molecule has 0 aliphatic carbocycles. The van der Waals surface area contributed by atoms with Gasteiger partial charge in [0, 0.05) is 24.7 Å². The highest BCUT2D eigenvalue weighted by Crippen LogP contribution is 2.10. The van der Waals surface area contributed by atoms with Crippen LogP contribution in [0.15, 0.2) is 36.5 Å². The first-order valence-electron chi connectivity index (χ1n) is 5.38. The van der Waals surface area contributed by atoms with E-state index in [9.17, 15) is 4.79 Å². The molecule has 2 rings (SSSR count). The van der Waals surface area contributed by atoms with Crippen molar-refractivity contribution in [2.24, 2.45) is 7.05 Å². The van der Waals surface area contributed by atoms with Crippen molar-refractivity contribution < 1.29 is 4.79 Å². The molecule has 0 unspecified atom stereocenters. The van der Waals surface area contributed by atoms with Gasteiger partial charge in [-0.05, 0) is 23.8 Å². The summed E-state index contributed by atoms with van der Waals surface area (Å²) in [5, 5.41) is 4.87. The lowest BCUT2D eigenvalue weighted by Crippen LogP contribution is -2.07. The molecule has 0 N–H and O–H groups in total. The van der Waals surface area contributed by atoms with Gasteiger partial charge in [0.2, 0.25) is 0 Å². The first-order valence-corrected chi connectivity index (χ1v) is 5.76. The summed E-state index contributed by atoms with van der Waals surface area (Å²) < 4.78 is 1.70. The van der Waals surface area contributed by atoms with Gasteiger partial charge in [0.05, 0.1) is 12.1 Å². The lowest BCUT2D eigenvalue weighted by molar-refractivity contribution is -0.117. The fourth-order valence-corrected chi connectivity index (χ4v) is 1.78. The van der Waals surface area contributed by atoms with Crippen molar-refractivity contribution in [2.75, 3.05) is 0 Å². The Bertz CT molecular complexity index is 516. The van der Waals surface area contributed by atoms with Crippen LogP contribution in [0.4, 0.5) is 0 Å². The number of aryl methyl sites for hydroxylation is 1. The van der Waals surface area contributed by atoms with E-state index in [1.54, 1.807) is 16.8 Å². The molecule has 0 aliphatic rings. The SMILES string of the molecule is Cn1ccc(CC(=O)Cc2ccc(Cl)cc2)n1. The smallest absolute Gasteiger partial charge is 0.143 e. The van der Waals surface area contributed by atoms with Gasteiger partial charge in [-0.2, -0.15) is 5.10 Å². The van der Waals surface area contributed by atoms with E-state index < -0.39 is 0 Å². The minimum atomic E-state index is 0.158. The molecule has 0 fully saturated rings. The van der Waals surface area contributed by atoms with Crippen molar-refractivity contribution in [2.45, 2.75) is 12.8 Å². The Hall–Kier alpha value is -1.61. The molecule has 3 nitrogen and oxygen atoms in total. The molecule has 0 amide bonds. The van der Waals surface area contributed by atoms with E-state index in [-0.39, 0.29) is 5.78 Å². The number of carbonyl (C=O) groups is 1. The zero-order valence-electron chi connectivity index (χ0n) is 9.56. The normalized spacial score (nSPS) is 10.5. The quantitative estimate of drug-likeness (QED) is 0.833. The Balaban J connectivity index is 1.95. The second-order valence-electron chi connectivity index (χ2n) is 4.00. The summed E-state index contributed by atoms with van der Waals surface area (Å²) in [5.74, 6) is 0.158. The van der Waals surface area contributed by atoms with Gasteiger partial charge in [0.15, 0.2) is 0 Å². The predicted octanol–water partition coefficient (Wildman–Crippen LogP) is 2.43. The number of hydrogen-bond donors (Lipinski definition) is 0. The third-order valence-corrected chi connectivity index (χ3v) is 2.71. The number of benzene rings is 1. The van der Waals surface area contributed by atoms with E-state index in [2.05, 4.69) is 5.10 Å². The molecule has 4 heteroatoms. The van der Waals surface area contributed by atoms with Gasteiger partial charge in [-0.15, -0.1) is 0 Å². The Morgan fingerprint density at radius 2 is 1.94 bits per heavy atom. The van der Waals surface area contributed by atoms with Crippen LogP contribution in [-0.2, 0) is 24.7 Å². The molecule has 1 aromatic heterocycles. The molecular weight excluding hydrogens is 236 g/mol. The minimum absolute atomic E-state index is 0.158. The number of rotatable bonds is 4. The maximum atomic E-state index is 11.8. The predicted molar refractivity (Wildman–Crippen MR) is 67.1 cm³/mol. The van der Waals surface area contributed by atoms with Crippen molar-refractivity contribution in [1.29, 1.82) is 0 Å². The maximum absolute atomic E-state index is 11.8. The monoisotopic (exact) mass is 248 g/mol. The summed E-state index contributed by atoms with van der Waals surface area (Å²) in [4.78, 5) is 11.8. The summed E-state index contributed by atoms with van der Waals surface area (Å²) in [6, 6.07) is 9.20. The highest BCUT2D eigenvalue weighted by Gasteiger charge is 2.07. The number of carbonyl (C=O) groups excluding carboxylic acids is 1. The van der Waals surface area contributed by atoms with Gasteiger partial charge in [-0.3, -0.25) is 9.48 Å². The van der Waals surface area contributed by atoms with E-state index in [1.165, 1.54) is 0 Å². The van der Waals surface area contributed by atoms with Gasteiger partial charge < -0.3 is 0 Å². The zero-order chi connectivity index (χ0) is 12.3. The van der Waals surface area contributed by atoms with Crippen LogP contribution in [0.2, 0.25) is 5.02 Å². The van der Waals surface area contributed by atoms with Crippen LogP contribution < -0.4 is 0 Å². The molecule has 88 valence electrons. The lowest BCUT2D eigenvalue weighted by Gasteiger charge is -2.00. The number of ketones is 1. The topological polar surface area (TPSA) is 34.9 Å². The molecule has 0 radical (unpaired) electrons. The number of Topliss-reactive ketones (excluding diaryl/α,β-unsaturated/α-hetero) is 1. The van der Waals surface area contributed by atoms with E-state index in [1.807, 2.05) is 31.4 Å². The summed E-state index contributed by atoms with van der Waals surface area (Å²) in [7, 11) is 1.84. The average Bonchev–Trinajstić information content (AvgIpc) is 2.67. The molecule has 0 aliphatic heterocycles. The van der Waals surface area contributed by atoms with Crippen LogP contribution in [0.5, 0.6) is 0 Å². The zero-order valence-corrected chi connectivity index (χ0v) is 10.3. The highest BCUT2D eigenvalue weighted by atomic mass is 35.5. The molecule has 17 heavy (non-hydrogen) atoms. The Kier molecular flexibility index (Phi) is 3.59. The molecular formula is C13H13ClN2O. The largest absolute Gasteiger partial charge is 0.299 e. The van der Waals surface area contributed by atoms with E-state index in [0.717, 1.165) is 11.3 Å². The summed E-state index contributed by atoms with van der Waals surface area (Å²) >= 11 is 5.78. The number of nitrogens with zero attached hydrogens (tertiary/aromatic N) is 2. The van der Waals surface area contributed by atoms with E-state index in [4.69, 9.17) is 11.6 Å². The van der Waals surface area contributed by atoms with Crippen molar-refractivity contribution in [1.82, 2.24) is 9.78 Å². The third-order valence-electron chi connectivity index (χ3n) is 2.46. The molecule has 0 bridgehead atoms. The van der Waals surface area contributed by atoms with Crippen LogP contribution in [-0.4, -0.2) is 15.6 Å². The number of aromatic nitrogens is 2. The summed E-state index contributed by atoms with van der Waals surface area (Å²) in [6.45, 7) is 0. The standard InChI is InChI=1S/C13H13ClN2O/c1-16-7-6-12(15-16)9-13(17)8-10-2-4-11(14)5-3-10/h2-7H,8-9H2,1H3. The molecule has 1 aromatic carbocycles. The van der Waals surface area contributed by atoms with Gasteiger partial charge in [-0.1, -0.05) is 23.7 Å². The van der Waals surface area contributed by atoms with E-state index >= 15 is 0 Å². The van der Waals surface area contributed by atoms with Crippen molar-refractivity contribution in [3.8, 4) is 0 Å². The summed E-state index contributed by atoms with van der Waals surface area (Å²) in [6.07, 6.45) is 2.64. The molecule has 0 spiro atoms. The molecule has 0 saturated heterocycles. The lowest BCUT2D eigenvalue weighted by atomic mass is 10.1. The molecule has 2 aromatic rings. The Labute approximate surface area is 105 Å². The van der Waals surface area contributed by atoms with Crippen LogP contribution in [0.3, 0.4) is 0 Å². The van der Waals surface area contributed by atoms with E-state index in [0.29, 0.717) is 17.9 Å². The van der Waals surface area contributed by atoms with Crippen LogP contribution in [0, 0.1) is 0 Å². The first-order chi connectivity index (χ1) is 8.13. The maximum Gasteiger partial charge on any atom is 0.143 e. The van der Waals surface area contributed by atoms with Gasteiger partial charge in [-0.25, -0.2) is 0 Å². The fourth-order valence-electron chi connectivity index (χ4n) is 1.65. The first kappa shape index (κ1) is 11.9. The Morgan fingerprint density at radius 3 is 2.53 bits per heavy atom. The number of hydrogen-bond acceptors (Lipinski definition) is 2. The average molecular weight is 249 g/mol. The van der Waals surface area contributed by atoms with Crippen LogP contribution in [0.1, 0.15) is 11.3 Å². The van der Waals surface area contributed by atoms with Gasteiger partial charge in [0.25, 0.3) is 0 Å². The second-order valence-corrected chi connectivity index (χ2v) is 4.44. The van der Waals surface area contributed by atoms with Gasteiger partial charge in [0.1, 0.15) is 5.78 Å². The fraction of sp³-hybridized carbons (Fsp3) is 0.231.